The van der Waals surface area contributed by atoms with Crippen LogP contribution < -0.4 is 0 Å². The summed E-state index contributed by atoms with van der Waals surface area (Å²) >= 11 is 0. The van der Waals surface area contributed by atoms with Crippen molar-refractivity contribution in [3.05, 3.63) is 0 Å². The number of carbonyl (C=O) groups is 2. The third-order valence-electron chi connectivity index (χ3n) is 12.4. The van der Waals surface area contributed by atoms with Crippen molar-refractivity contribution in [2.24, 2.45) is 11.8 Å². The summed E-state index contributed by atoms with van der Waals surface area (Å²) < 4.78 is 11.0. The molecule has 0 aliphatic heterocycles. The highest BCUT2D eigenvalue weighted by Gasteiger charge is 2.13. The lowest BCUT2D eigenvalue weighted by Crippen LogP contribution is -2.14. The number of rotatable bonds is 46. The van der Waals surface area contributed by atoms with E-state index in [-0.39, 0.29) is 11.9 Å². The Bertz CT molecular complexity index is 717. The second-order valence-electron chi connectivity index (χ2n) is 18.3. The summed E-state index contributed by atoms with van der Waals surface area (Å²) in [5.41, 5.74) is 0. The largest absolute Gasteiger partial charge is 0.465 e. The van der Waals surface area contributed by atoms with Crippen LogP contribution in [0.3, 0.4) is 0 Å². The summed E-state index contributed by atoms with van der Waals surface area (Å²) in [5.74, 6) is 1.10. The molecule has 0 spiro atoms. The molecule has 0 rings (SSSR count). The number of esters is 2. The van der Waals surface area contributed by atoms with Crippen molar-refractivity contribution in [3.63, 3.8) is 0 Å². The fraction of sp³-hybridized carbons (Fsp3) is 0.963. The van der Waals surface area contributed by atoms with Gasteiger partial charge in [-0.05, 0) is 37.5 Å². The van der Waals surface area contributed by atoms with Gasteiger partial charge in [-0.15, -0.1) is 0 Å². The van der Waals surface area contributed by atoms with E-state index in [1.165, 1.54) is 257 Å². The van der Waals surface area contributed by atoms with Crippen molar-refractivity contribution < 1.29 is 19.1 Å². The molecule has 4 heteroatoms. The fourth-order valence-corrected chi connectivity index (χ4v) is 8.22. The predicted octanol–water partition coefficient (Wildman–Crippen LogP) is 18.8. The summed E-state index contributed by atoms with van der Waals surface area (Å²) in [6.07, 6.45) is 55.7. The zero-order valence-electron chi connectivity index (χ0n) is 40.9. The van der Waals surface area contributed by atoms with Crippen LogP contribution in [0.5, 0.6) is 0 Å². The van der Waals surface area contributed by atoms with E-state index in [1.807, 2.05) is 13.8 Å². The SMILES string of the molecule is CCCCCCCCCCCCC(CCCCCCCCCC)COC(=O)CC.CCCCCCCCCCCCC(CCCCCCCCCC)COC(=O)CC. The van der Waals surface area contributed by atoms with Gasteiger partial charge in [0.1, 0.15) is 0 Å². The van der Waals surface area contributed by atoms with Crippen LogP contribution in [0.25, 0.3) is 0 Å². The molecule has 0 saturated heterocycles. The molecular weight excluding hydrogens is 713 g/mol. The number of hydrogen-bond donors (Lipinski definition) is 0. The van der Waals surface area contributed by atoms with E-state index in [0.717, 1.165) is 0 Å². The number of hydrogen-bond acceptors (Lipinski definition) is 4. The third-order valence-corrected chi connectivity index (χ3v) is 12.4. The average molecular weight is 821 g/mol. The molecule has 0 fully saturated rings. The molecule has 348 valence electrons. The van der Waals surface area contributed by atoms with E-state index in [9.17, 15) is 9.59 Å². The first-order valence-electron chi connectivity index (χ1n) is 26.8. The molecule has 0 aliphatic rings. The average Bonchev–Trinajstić information content (AvgIpc) is 3.24. The standard InChI is InChI=1S/2C27H54O2/c2*1-4-7-9-11-13-15-16-18-20-22-24-26(25-29-27(28)6-3)23-21-19-17-14-12-10-8-5-2/h2*26H,4-25H2,1-3H3. The number of unbranched alkanes of at least 4 members (excludes halogenated alkanes) is 32. The van der Waals surface area contributed by atoms with Crippen molar-refractivity contribution in [3.8, 4) is 0 Å². The van der Waals surface area contributed by atoms with Crippen molar-refractivity contribution in [1.82, 2.24) is 0 Å². The minimum Gasteiger partial charge on any atom is -0.465 e. The molecule has 0 aromatic rings. The van der Waals surface area contributed by atoms with Crippen LogP contribution >= 0.6 is 0 Å². The fourth-order valence-electron chi connectivity index (χ4n) is 8.22. The van der Waals surface area contributed by atoms with Crippen LogP contribution in [0, 0.1) is 11.8 Å². The van der Waals surface area contributed by atoms with Crippen molar-refractivity contribution in [2.45, 2.75) is 311 Å². The molecule has 58 heavy (non-hydrogen) atoms. The van der Waals surface area contributed by atoms with Crippen molar-refractivity contribution >= 4 is 11.9 Å². The van der Waals surface area contributed by atoms with Crippen LogP contribution in [-0.4, -0.2) is 25.2 Å². The minimum atomic E-state index is -0.0333. The van der Waals surface area contributed by atoms with E-state index < -0.39 is 0 Å². The maximum absolute atomic E-state index is 11.5. The molecule has 0 aromatic carbocycles. The second-order valence-corrected chi connectivity index (χ2v) is 18.3. The van der Waals surface area contributed by atoms with Crippen molar-refractivity contribution in [1.29, 1.82) is 0 Å². The van der Waals surface area contributed by atoms with Crippen LogP contribution in [0.1, 0.15) is 311 Å². The molecule has 0 heterocycles. The van der Waals surface area contributed by atoms with E-state index in [2.05, 4.69) is 27.7 Å². The van der Waals surface area contributed by atoms with Gasteiger partial charge in [0.25, 0.3) is 0 Å². The first kappa shape index (κ1) is 59.0. The lowest BCUT2D eigenvalue weighted by molar-refractivity contribution is -0.145. The van der Waals surface area contributed by atoms with Gasteiger partial charge in [0.05, 0.1) is 13.2 Å². The maximum atomic E-state index is 11.5. The van der Waals surface area contributed by atoms with Gasteiger partial charge in [-0.3, -0.25) is 9.59 Å². The van der Waals surface area contributed by atoms with Gasteiger partial charge in [0, 0.05) is 12.8 Å². The topological polar surface area (TPSA) is 52.6 Å². The van der Waals surface area contributed by atoms with Crippen LogP contribution in [-0.2, 0) is 19.1 Å². The molecule has 2 atom stereocenters. The molecule has 2 unspecified atom stereocenters. The van der Waals surface area contributed by atoms with Gasteiger partial charge in [0.15, 0.2) is 0 Å². The van der Waals surface area contributed by atoms with Gasteiger partial charge in [-0.1, -0.05) is 273 Å². The second kappa shape index (κ2) is 52.1. The summed E-state index contributed by atoms with van der Waals surface area (Å²) in [7, 11) is 0. The first-order chi connectivity index (χ1) is 28.5. The molecular formula is C54H108O4. The quantitative estimate of drug-likeness (QED) is 0.0453. The van der Waals surface area contributed by atoms with Gasteiger partial charge in [-0.2, -0.15) is 0 Å². The van der Waals surface area contributed by atoms with Crippen LogP contribution in [0.15, 0.2) is 0 Å². The monoisotopic (exact) mass is 821 g/mol. The Hall–Kier alpha value is -1.06. The molecule has 0 saturated carbocycles. The smallest absolute Gasteiger partial charge is 0.305 e. The van der Waals surface area contributed by atoms with Crippen LogP contribution in [0.2, 0.25) is 0 Å². The summed E-state index contributed by atoms with van der Waals surface area (Å²) in [5, 5.41) is 0. The maximum Gasteiger partial charge on any atom is 0.305 e. The van der Waals surface area contributed by atoms with E-state index >= 15 is 0 Å². The highest BCUT2D eigenvalue weighted by atomic mass is 16.5. The normalized spacial score (nSPS) is 12.2. The lowest BCUT2D eigenvalue weighted by Gasteiger charge is -2.17. The Balaban J connectivity index is 0. The van der Waals surface area contributed by atoms with Crippen molar-refractivity contribution in [2.75, 3.05) is 13.2 Å². The number of ether oxygens (including phenoxy) is 2. The molecule has 0 amide bonds. The first-order valence-corrected chi connectivity index (χ1v) is 26.8. The molecule has 0 aromatic heterocycles. The Kier molecular flexibility index (Phi) is 53.0. The van der Waals surface area contributed by atoms with Gasteiger partial charge >= 0.3 is 11.9 Å². The Morgan fingerprint density at radius 3 is 0.621 bits per heavy atom. The lowest BCUT2D eigenvalue weighted by atomic mass is 9.94. The minimum absolute atomic E-state index is 0.0333. The zero-order valence-corrected chi connectivity index (χ0v) is 40.9. The third kappa shape index (κ3) is 49.3. The molecule has 0 radical (unpaired) electrons. The summed E-state index contributed by atoms with van der Waals surface area (Å²) in [4.78, 5) is 23.1. The molecule has 0 bridgehead atoms. The van der Waals surface area contributed by atoms with Gasteiger partial charge in [-0.25, -0.2) is 0 Å². The summed E-state index contributed by atoms with van der Waals surface area (Å²) in [6.45, 7) is 14.2. The zero-order chi connectivity index (χ0) is 42.8. The van der Waals surface area contributed by atoms with Gasteiger partial charge < -0.3 is 9.47 Å². The Labute approximate surface area is 366 Å². The highest BCUT2D eigenvalue weighted by Crippen LogP contribution is 2.22. The molecule has 0 N–H and O–H groups in total. The van der Waals surface area contributed by atoms with Gasteiger partial charge in [0.2, 0.25) is 0 Å². The van der Waals surface area contributed by atoms with E-state index in [0.29, 0.717) is 37.9 Å². The molecule has 0 aliphatic carbocycles. The van der Waals surface area contributed by atoms with E-state index in [1.54, 1.807) is 0 Å². The molecule has 4 nitrogen and oxygen atoms in total. The highest BCUT2D eigenvalue weighted by molar-refractivity contribution is 5.69. The van der Waals surface area contributed by atoms with E-state index in [4.69, 9.17) is 9.47 Å². The number of carbonyl (C=O) groups excluding carboxylic acids is 2. The Morgan fingerprint density at radius 2 is 0.448 bits per heavy atom. The Morgan fingerprint density at radius 1 is 0.276 bits per heavy atom. The summed E-state index contributed by atoms with van der Waals surface area (Å²) in [6, 6.07) is 0. The van der Waals surface area contributed by atoms with Crippen LogP contribution in [0.4, 0.5) is 0 Å². The predicted molar refractivity (Wildman–Crippen MR) is 257 cm³/mol.